The monoisotopic (exact) mass is 275 g/mol. The van der Waals surface area contributed by atoms with Gasteiger partial charge in [0, 0.05) is 13.1 Å². The molecule has 4 N–H and O–H groups in total. The summed E-state index contributed by atoms with van der Waals surface area (Å²) in [6.07, 6.45) is 0. The Kier molecular flexibility index (Phi) is 4.64. The van der Waals surface area contributed by atoms with Gasteiger partial charge in [0.1, 0.15) is 5.76 Å². The molecule has 0 saturated heterocycles. The molecule has 1 unspecified atom stereocenters. The molecule has 84 valence electrons. The van der Waals surface area contributed by atoms with Crippen LogP contribution in [0.4, 0.5) is 4.79 Å². The minimum Gasteiger partial charge on any atom is -0.453 e. The maximum absolute atomic E-state index is 10.4. The van der Waals surface area contributed by atoms with Crippen molar-refractivity contribution < 1.29 is 9.21 Å². The first-order valence-electron chi connectivity index (χ1n) is 4.61. The fourth-order valence-electron chi connectivity index (χ4n) is 1.14. The fraction of sp³-hybridized carbons (Fsp3) is 0.444. The zero-order valence-electron chi connectivity index (χ0n) is 8.42. The number of halogens is 1. The molecule has 1 aromatic heterocycles. The summed E-state index contributed by atoms with van der Waals surface area (Å²) in [4.78, 5) is 10.4. The molecule has 1 atom stereocenters. The SMILES string of the molecule is CC(NCCNC(N)=O)c1ccc(Br)o1. The lowest BCUT2D eigenvalue weighted by Gasteiger charge is -2.10. The second-order valence-electron chi connectivity index (χ2n) is 3.11. The second-order valence-corrected chi connectivity index (χ2v) is 3.89. The van der Waals surface area contributed by atoms with Crippen molar-refractivity contribution in [3.05, 3.63) is 22.6 Å². The Bertz CT molecular complexity index is 327. The molecular formula is C9H14BrN3O2. The van der Waals surface area contributed by atoms with Gasteiger partial charge < -0.3 is 20.8 Å². The summed E-state index contributed by atoms with van der Waals surface area (Å²) in [7, 11) is 0. The molecule has 0 radical (unpaired) electrons. The molecule has 1 rings (SSSR count). The fourth-order valence-corrected chi connectivity index (χ4v) is 1.46. The Morgan fingerprint density at radius 2 is 2.33 bits per heavy atom. The predicted molar refractivity (Wildman–Crippen MR) is 60.4 cm³/mol. The highest BCUT2D eigenvalue weighted by Gasteiger charge is 2.08. The Morgan fingerprint density at radius 3 is 2.87 bits per heavy atom. The quantitative estimate of drug-likeness (QED) is 0.710. The first-order chi connectivity index (χ1) is 7.09. The van der Waals surface area contributed by atoms with E-state index in [1.165, 1.54) is 0 Å². The van der Waals surface area contributed by atoms with E-state index in [-0.39, 0.29) is 6.04 Å². The van der Waals surface area contributed by atoms with Gasteiger partial charge in [0.2, 0.25) is 0 Å². The molecule has 0 aliphatic heterocycles. The Hall–Kier alpha value is -1.01. The number of hydrogen-bond acceptors (Lipinski definition) is 3. The molecule has 0 bridgehead atoms. The van der Waals surface area contributed by atoms with Crippen LogP contribution < -0.4 is 16.4 Å². The summed E-state index contributed by atoms with van der Waals surface area (Å²) >= 11 is 3.23. The van der Waals surface area contributed by atoms with Crippen LogP contribution in [0.2, 0.25) is 0 Å². The summed E-state index contributed by atoms with van der Waals surface area (Å²) in [5, 5.41) is 5.68. The number of rotatable bonds is 5. The van der Waals surface area contributed by atoms with Crippen LogP contribution >= 0.6 is 15.9 Å². The molecule has 0 aliphatic carbocycles. The average Bonchev–Trinajstić information content (AvgIpc) is 2.59. The third kappa shape index (κ3) is 4.35. The maximum Gasteiger partial charge on any atom is 0.312 e. The summed E-state index contributed by atoms with van der Waals surface area (Å²) in [5.41, 5.74) is 4.92. The van der Waals surface area contributed by atoms with Crippen molar-refractivity contribution in [1.29, 1.82) is 0 Å². The highest BCUT2D eigenvalue weighted by Crippen LogP contribution is 2.19. The minimum atomic E-state index is -0.509. The Labute approximate surface area is 96.5 Å². The number of nitrogens with two attached hydrogens (primary N) is 1. The molecule has 2 amide bonds. The molecule has 5 nitrogen and oxygen atoms in total. The smallest absolute Gasteiger partial charge is 0.312 e. The van der Waals surface area contributed by atoms with E-state index < -0.39 is 6.03 Å². The van der Waals surface area contributed by atoms with Crippen LogP contribution in [-0.4, -0.2) is 19.1 Å². The number of amides is 2. The van der Waals surface area contributed by atoms with Gasteiger partial charge in [-0.15, -0.1) is 0 Å². The Balaban J connectivity index is 2.24. The molecule has 0 saturated carbocycles. The van der Waals surface area contributed by atoms with Crippen molar-refractivity contribution in [2.45, 2.75) is 13.0 Å². The molecule has 15 heavy (non-hydrogen) atoms. The van der Waals surface area contributed by atoms with E-state index in [9.17, 15) is 4.79 Å². The van der Waals surface area contributed by atoms with Gasteiger partial charge in [-0.25, -0.2) is 4.79 Å². The zero-order valence-corrected chi connectivity index (χ0v) is 10.0. The van der Waals surface area contributed by atoms with Gasteiger partial charge in [0.05, 0.1) is 6.04 Å². The summed E-state index contributed by atoms with van der Waals surface area (Å²) in [5.74, 6) is 0.848. The van der Waals surface area contributed by atoms with E-state index in [0.717, 1.165) is 5.76 Å². The van der Waals surface area contributed by atoms with Crippen LogP contribution in [0, 0.1) is 0 Å². The third-order valence-corrected chi connectivity index (χ3v) is 2.32. The number of urea groups is 1. The van der Waals surface area contributed by atoms with Crippen LogP contribution in [0.25, 0.3) is 0 Å². The third-order valence-electron chi connectivity index (χ3n) is 1.90. The molecule has 0 aliphatic rings. The van der Waals surface area contributed by atoms with Gasteiger partial charge in [-0.1, -0.05) is 0 Å². The molecule has 0 aromatic carbocycles. The second kappa shape index (κ2) is 5.77. The van der Waals surface area contributed by atoms with Gasteiger partial charge in [0.25, 0.3) is 0 Å². The van der Waals surface area contributed by atoms with E-state index >= 15 is 0 Å². The first kappa shape index (κ1) is 12.1. The van der Waals surface area contributed by atoms with Crippen LogP contribution in [0.1, 0.15) is 18.7 Å². The summed E-state index contributed by atoms with van der Waals surface area (Å²) in [6, 6.07) is 3.33. The van der Waals surface area contributed by atoms with Gasteiger partial charge in [-0.2, -0.15) is 0 Å². The van der Waals surface area contributed by atoms with Crippen LogP contribution in [0.5, 0.6) is 0 Å². The van der Waals surface area contributed by atoms with Gasteiger partial charge >= 0.3 is 6.03 Å². The molecule has 1 heterocycles. The van der Waals surface area contributed by atoms with Gasteiger partial charge in [0.15, 0.2) is 4.67 Å². The number of furan rings is 1. The zero-order chi connectivity index (χ0) is 11.3. The lowest BCUT2D eigenvalue weighted by molar-refractivity contribution is 0.248. The number of carbonyl (C=O) groups is 1. The van der Waals surface area contributed by atoms with Crippen LogP contribution in [0.15, 0.2) is 21.2 Å². The topological polar surface area (TPSA) is 80.3 Å². The largest absolute Gasteiger partial charge is 0.453 e. The van der Waals surface area contributed by atoms with E-state index in [1.807, 2.05) is 19.1 Å². The number of nitrogens with one attached hydrogen (secondary N) is 2. The van der Waals surface area contributed by atoms with Crippen LogP contribution in [-0.2, 0) is 0 Å². The van der Waals surface area contributed by atoms with E-state index in [1.54, 1.807) is 0 Å². The van der Waals surface area contributed by atoms with Crippen molar-refractivity contribution in [3.63, 3.8) is 0 Å². The Morgan fingerprint density at radius 1 is 1.60 bits per heavy atom. The molecule has 0 fully saturated rings. The van der Waals surface area contributed by atoms with Crippen molar-refractivity contribution in [2.24, 2.45) is 5.73 Å². The predicted octanol–water partition coefficient (Wildman–Crippen LogP) is 1.36. The molecule has 1 aromatic rings. The van der Waals surface area contributed by atoms with Crippen LogP contribution in [0.3, 0.4) is 0 Å². The molecule has 0 spiro atoms. The van der Waals surface area contributed by atoms with E-state index in [4.69, 9.17) is 10.2 Å². The standard InChI is InChI=1S/C9H14BrN3O2/c1-6(7-2-3-8(10)15-7)12-4-5-13-9(11)14/h2-3,6,12H,4-5H2,1H3,(H3,11,13,14). The van der Waals surface area contributed by atoms with Crippen molar-refractivity contribution in [2.75, 3.05) is 13.1 Å². The van der Waals surface area contributed by atoms with E-state index in [0.29, 0.717) is 17.8 Å². The lowest BCUT2D eigenvalue weighted by Crippen LogP contribution is -2.35. The van der Waals surface area contributed by atoms with Gasteiger partial charge in [-0.3, -0.25) is 0 Å². The van der Waals surface area contributed by atoms with Crippen molar-refractivity contribution >= 4 is 22.0 Å². The maximum atomic E-state index is 10.4. The molecule has 6 heteroatoms. The number of primary amides is 1. The number of hydrogen-bond donors (Lipinski definition) is 3. The molecular weight excluding hydrogens is 262 g/mol. The van der Waals surface area contributed by atoms with Crippen molar-refractivity contribution in [3.8, 4) is 0 Å². The highest BCUT2D eigenvalue weighted by atomic mass is 79.9. The number of carbonyl (C=O) groups excluding carboxylic acids is 1. The first-order valence-corrected chi connectivity index (χ1v) is 5.41. The lowest BCUT2D eigenvalue weighted by atomic mass is 10.2. The van der Waals surface area contributed by atoms with E-state index in [2.05, 4.69) is 26.6 Å². The minimum absolute atomic E-state index is 0.103. The average molecular weight is 276 g/mol. The van der Waals surface area contributed by atoms with Crippen molar-refractivity contribution in [1.82, 2.24) is 10.6 Å². The van der Waals surface area contributed by atoms with Gasteiger partial charge in [-0.05, 0) is 35.0 Å². The summed E-state index contributed by atoms with van der Waals surface area (Å²) < 4.78 is 6.08. The highest BCUT2D eigenvalue weighted by molar-refractivity contribution is 9.10. The summed E-state index contributed by atoms with van der Waals surface area (Å²) in [6.45, 7) is 3.12. The normalized spacial score (nSPS) is 12.4.